The molecule has 4 aliphatic rings. The average molecular weight is 1290 g/mol. The molecule has 6 aromatic heterocycles. The first-order valence-electron chi connectivity index (χ1n) is 27.2. The summed E-state index contributed by atoms with van der Waals surface area (Å²) < 4.78 is 74.5. The number of benzene rings is 8. The third kappa shape index (κ3) is 8.70. The van der Waals surface area contributed by atoms with Gasteiger partial charge < -0.3 is 29.0 Å². The van der Waals surface area contributed by atoms with Crippen LogP contribution in [0, 0.1) is 0 Å². The number of aromatic amines is 4. The molecular weight excluding hydrogens is 1260 g/mol. The summed E-state index contributed by atoms with van der Waals surface area (Å²) in [6, 6.07) is 54.7. The molecule has 18 rings (SSSR count). The molecule has 14 aromatic rings. The van der Waals surface area contributed by atoms with E-state index in [1.807, 2.05) is 146 Å². The Balaban J connectivity index is 0.000000141. The second-order valence-electron chi connectivity index (χ2n) is 20.8. The van der Waals surface area contributed by atoms with Crippen LogP contribution in [0.3, 0.4) is 0 Å². The predicted molar refractivity (Wildman–Crippen MR) is 328 cm³/mol. The first-order chi connectivity index (χ1) is 42.8. The van der Waals surface area contributed by atoms with Crippen molar-refractivity contribution >= 4 is 109 Å². The molecule has 22 nitrogen and oxygen atoms in total. The summed E-state index contributed by atoms with van der Waals surface area (Å²) in [7, 11) is -9.73. The molecule has 0 aliphatic carbocycles. The van der Waals surface area contributed by atoms with Crippen molar-refractivity contribution in [3.05, 3.63) is 182 Å². The van der Waals surface area contributed by atoms with Gasteiger partial charge in [0.15, 0.2) is 46.6 Å². The Morgan fingerprint density at radius 2 is 0.427 bits per heavy atom. The Morgan fingerprint density at radius 1 is 0.236 bits per heavy atom. The van der Waals surface area contributed by atoms with Gasteiger partial charge in [0.25, 0.3) is 0 Å². The van der Waals surface area contributed by atoms with Gasteiger partial charge in [-0.25, -0.2) is 76.6 Å². The number of nitrogens with one attached hydrogen (secondary N) is 4. The smallest absolute Gasteiger partial charge is 0.744 e. The molecule has 0 radical (unpaired) electrons. The number of rotatable bonds is 2. The number of hydrogen-bond donors (Lipinski definition) is 4. The largest absolute Gasteiger partial charge is 2.00 e. The van der Waals surface area contributed by atoms with E-state index in [0.717, 1.165) is 54.9 Å². The summed E-state index contributed by atoms with van der Waals surface area (Å²) in [4.78, 5) is 70.4. The molecule has 0 atom stereocenters. The van der Waals surface area contributed by atoms with Crippen molar-refractivity contribution in [2.24, 2.45) is 0 Å². The molecule has 8 aromatic carbocycles. The van der Waals surface area contributed by atoms with Crippen LogP contribution in [0.15, 0.2) is 192 Å². The number of nitrogens with zero attached hydrogens (tertiary/aromatic N) is 12. The van der Waals surface area contributed by atoms with Crippen LogP contribution in [0.1, 0.15) is 0 Å². The zero-order valence-corrected chi connectivity index (χ0v) is 48.5. The van der Waals surface area contributed by atoms with Gasteiger partial charge in [0, 0.05) is 87.6 Å². The molecule has 89 heavy (non-hydrogen) atoms. The molecule has 0 saturated carbocycles. The summed E-state index contributed by atoms with van der Waals surface area (Å²) >= 11 is 0. The Morgan fingerprint density at radius 3 is 0.663 bits per heavy atom. The van der Waals surface area contributed by atoms with E-state index in [1.54, 1.807) is 12.1 Å². The third-order valence-corrected chi connectivity index (χ3v) is 17.4. The van der Waals surface area contributed by atoms with Crippen molar-refractivity contribution in [3.8, 4) is 91.1 Å². The first-order valence-corrected chi connectivity index (χ1v) is 30.0. The Hall–Kier alpha value is -11.0. The molecule has 0 fully saturated rings. The van der Waals surface area contributed by atoms with Gasteiger partial charge in [-0.05, 0) is 12.1 Å². The summed E-state index contributed by atoms with van der Waals surface area (Å²) in [6.07, 6.45) is 0. The number of fused-ring (bicyclic) bond motifs is 40. The van der Waals surface area contributed by atoms with Crippen molar-refractivity contribution in [2.75, 3.05) is 0 Å². The maximum Gasteiger partial charge on any atom is 2.00 e. The van der Waals surface area contributed by atoms with E-state index in [9.17, 15) is 25.9 Å². The minimum Gasteiger partial charge on any atom is -0.744 e. The van der Waals surface area contributed by atoms with Crippen LogP contribution >= 0.6 is 0 Å². The van der Waals surface area contributed by atoms with Crippen LogP contribution in [0.25, 0.3) is 179 Å². The normalized spacial score (nSPS) is 12.2. The first kappa shape index (κ1) is 53.4. The van der Waals surface area contributed by atoms with E-state index in [2.05, 4.69) is 19.9 Å². The Bertz CT molecular complexity index is 5690. The monoisotopic (exact) mass is 1290 g/mol. The molecule has 0 saturated heterocycles. The van der Waals surface area contributed by atoms with E-state index < -0.39 is 30.0 Å². The average Bonchev–Trinajstić information content (AvgIpc) is 1.68. The molecule has 0 amide bonds. The Kier molecular flexibility index (Phi) is 12.0. The fourth-order valence-electron chi connectivity index (χ4n) is 11.7. The van der Waals surface area contributed by atoms with Gasteiger partial charge in [-0.3, -0.25) is 0 Å². The van der Waals surface area contributed by atoms with Crippen LogP contribution < -0.4 is 0 Å². The standard InChI is InChI=1S/2C32H18N8O3S.Pd/c2*41-44(42,43)23-15-7-14-22-24(23)32-39-30-21-13-6-5-12-20(21)28(37-30)35-26-17-9-2-1-8-16(17)25(33-26)34-27-18-10-3-4-11-19(18)29(36-27)38-31(22)40-32;/h2*1-15H,(H,41,42,43)(H2,33,34,35,36,37,38,39,40);/q;;+2/p-2. The summed E-state index contributed by atoms with van der Waals surface area (Å²) in [5.41, 5.74) is 9.09. The molecule has 10 heterocycles. The van der Waals surface area contributed by atoms with E-state index in [4.69, 9.17) is 59.8 Å². The molecule has 25 heteroatoms. The van der Waals surface area contributed by atoms with E-state index >= 15 is 0 Å². The number of aromatic nitrogens is 16. The van der Waals surface area contributed by atoms with Gasteiger partial charge in [0.1, 0.15) is 65.4 Å². The second-order valence-corrected chi connectivity index (χ2v) is 23.5. The zero-order valence-electron chi connectivity index (χ0n) is 45.3. The zero-order chi connectivity index (χ0) is 59.2. The summed E-state index contributed by atoms with van der Waals surface area (Å²) in [5.74, 6) is 3.09. The van der Waals surface area contributed by atoms with E-state index in [1.165, 1.54) is 24.3 Å². The minimum atomic E-state index is -4.87. The van der Waals surface area contributed by atoms with Gasteiger partial charge >= 0.3 is 20.4 Å². The third-order valence-electron chi connectivity index (χ3n) is 15.6. The van der Waals surface area contributed by atoms with Crippen molar-refractivity contribution in [1.29, 1.82) is 0 Å². The van der Waals surface area contributed by atoms with Crippen LogP contribution in [-0.2, 0) is 40.7 Å². The van der Waals surface area contributed by atoms with E-state index in [-0.39, 0.29) is 42.5 Å². The van der Waals surface area contributed by atoms with Gasteiger partial charge in [-0.15, -0.1) is 0 Å². The minimum absolute atomic E-state index is 0. The van der Waals surface area contributed by atoms with Gasteiger partial charge in [-0.1, -0.05) is 170 Å². The van der Waals surface area contributed by atoms with Gasteiger partial charge in [0.05, 0.1) is 9.79 Å². The topological polar surface area (TPSA) is 332 Å². The summed E-state index contributed by atoms with van der Waals surface area (Å²) in [5, 5.41) is 4.49. The van der Waals surface area contributed by atoms with E-state index in [0.29, 0.717) is 102 Å². The fourth-order valence-corrected chi connectivity index (χ4v) is 13.1. The SMILES string of the molecule is O=S(=O)([O-])c1cccc2c3nc4nc(nc5[nH]c(nc6nc(nc([nH]3)c12)-c1ccccc1-6)c1ccccc51)-c1ccccc1-4.O=S(=O)([O-])c1cccc2c3nc4nc(nc5[nH]c(nc6nc(nc([nH]3)c12)-c1ccccc1-6)c1ccccc51)-c1ccccc1-4.[Pd+2]. The second kappa shape index (κ2) is 20.0. The number of H-pyrrole nitrogens is 4. The van der Waals surface area contributed by atoms with Gasteiger partial charge in [-0.2, -0.15) is 0 Å². The fraction of sp³-hybridized carbons (Fsp3) is 0. The Labute approximate surface area is 514 Å². The van der Waals surface area contributed by atoms with Crippen molar-refractivity contribution in [2.45, 2.75) is 9.79 Å². The van der Waals surface area contributed by atoms with Crippen LogP contribution in [0.2, 0.25) is 0 Å². The van der Waals surface area contributed by atoms with Crippen LogP contribution in [-0.4, -0.2) is 106 Å². The van der Waals surface area contributed by atoms with Gasteiger partial charge in [0.2, 0.25) is 0 Å². The molecule has 0 unspecified atom stereocenters. The van der Waals surface area contributed by atoms with Crippen molar-refractivity contribution in [1.82, 2.24) is 79.7 Å². The predicted octanol–water partition coefficient (Wildman–Crippen LogP) is 11.5. The molecule has 428 valence electrons. The quantitative estimate of drug-likeness (QED) is 0.0922. The molecule has 16 bridgehead atoms. The van der Waals surface area contributed by atoms with Crippen molar-refractivity contribution < 1.29 is 46.4 Å². The molecule has 4 aliphatic heterocycles. The number of hydrogen-bond acceptors (Lipinski definition) is 18. The summed E-state index contributed by atoms with van der Waals surface area (Å²) in [6.45, 7) is 0. The van der Waals surface area contributed by atoms with Crippen molar-refractivity contribution in [3.63, 3.8) is 0 Å². The van der Waals surface area contributed by atoms with Crippen LogP contribution in [0.4, 0.5) is 0 Å². The maximum atomic E-state index is 12.4. The van der Waals surface area contributed by atoms with Crippen LogP contribution in [0.5, 0.6) is 0 Å². The molecule has 0 spiro atoms. The molecule has 4 N–H and O–H groups in total. The maximum absolute atomic E-state index is 12.4. The molecular formula is C64H34N16O6PdS2.